The van der Waals surface area contributed by atoms with E-state index in [9.17, 15) is 14.7 Å². The van der Waals surface area contributed by atoms with Gasteiger partial charge in [0.1, 0.15) is 6.04 Å². The Balaban J connectivity index is 1.75. The van der Waals surface area contributed by atoms with Crippen molar-refractivity contribution in [3.8, 4) is 0 Å². The molecule has 2 fully saturated rings. The van der Waals surface area contributed by atoms with Gasteiger partial charge < -0.3 is 20.4 Å². The number of hydrogen-bond acceptors (Lipinski definition) is 3. The number of carboxylic acid groups (broad SMARTS) is 1. The van der Waals surface area contributed by atoms with E-state index in [0.29, 0.717) is 12.5 Å². The Morgan fingerprint density at radius 1 is 1.29 bits per heavy atom. The minimum Gasteiger partial charge on any atom is -0.480 e. The van der Waals surface area contributed by atoms with Crippen LogP contribution < -0.4 is 5.32 Å². The summed E-state index contributed by atoms with van der Waals surface area (Å²) in [7, 11) is 0. The van der Waals surface area contributed by atoms with Crippen LogP contribution in [0.25, 0.3) is 0 Å². The number of carbonyl (C=O) groups excluding carboxylic acids is 1. The maximum atomic E-state index is 12.1. The molecule has 0 aromatic rings. The first-order chi connectivity index (χ1) is 9.97. The van der Waals surface area contributed by atoms with E-state index in [4.69, 9.17) is 5.11 Å². The molecule has 2 rings (SSSR count). The number of aliphatic carboxylic acids is 1. The summed E-state index contributed by atoms with van der Waals surface area (Å²) in [5, 5.41) is 21.4. The summed E-state index contributed by atoms with van der Waals surface area (Å²) in [6.45, 7) is 2.95. The molecule has 0 aromatic carbocycles. The molecule has 3 N–H and O–H groups in total. The van der Waals surface area contributed by atoms with Gasteiger partial charge in [-0.25, -0.2) is 9.59 Å². The largest absolute Gasteiger partial charge is 0.480 e. The normalized spacial score (nSPS) is 33.0. The molecular weight excluding hydrogens is 272 g/mol. The molecule has 1 saturated heterocycles. The van der Waals surface area contributed by atoms with Crippen molar-refractivity contribution in [1.29, 1.82) is 0 Å². The third-order valence-electron chi connectivity index (χ3n) is 4.70. The molecule has 2 aliphatic rings. The molecule has 6 heteroatoms. The number of nitrogens with one attached hydrogen (secondary N) is 1. The zero-order chi connectivity index (χ0) is 15.4. The second-order valence-electron chi connectivity index (χ2n) is 6.55. The number of aliphatic hydroxyl groups excluding tert-OH is 1. The van der Waals surface area contributed by atoms with Crippen LogP contribution >= 0.6 is 0 Å². The third kappa shape index (κ3) is 4.33. The summed E-state index contributed by atoms with van der Waals surface area (Å²) in [4.78, 5) is 24.4. The lowest BCUT2D eigenvalue weighted by atomic mass is 9.81. The molecule has 0 aromatic heterocycles. The molecule has 21 heavy (non-hydrogen) atoms. The van der Waals surface area contributed by atoms with Crippen LogP contribution in [0.15, 0.2) is 0 Å². The maximum Gasteiger partial charge on any atom is 0.326 e. The van der Waals surface area contributed by atoms with Crippen LogP contribution in [0, 0.1) is 11.8 Å². The number of rotatable bonds is 4. The Morgan fingerprint density at radius 2 is 2.05 bits per heavy atom. The number of aliphatic hydroxyl groups is 1. The average molecular weight is 298 g/mol. The summed E-state index contributed by atoms with van der Waals surface area (Å²) in [5.41, 5.74) is 0. The van der Waals surface area contributed by atoms with Gasteiger partial charge in [0.2, 0.25) is 0 Å². The van der Waals surface area contributed by atoms with Gasteiger partial charge in [0.15, 0.2) is 0 Å². The Hall–Kier alpha value is -1.30. The first-order valence-electron chi connectivity index (χ1n) is 7.92. The lowest BCUT2D eigenvalue weighted by molar-refractivity contribution is -0.141. The van der Waals surface area contributed by atoms with Gasteiger partial charge in [-0.15, -0.1) is 0 Å². The molecule has 0 radical (unpaired) electrons. The number of hydrogen-bond donors (Lipinski definition) is 3. The second-order valence-corrected chi connectivity index (χ2v) is 6.55. The Morgan fingerprint density at radius 3 is 2.71 bits per heavy atom. The SMILES string of the molecule is CC1CCCC(CCNC(=O)N2CC(O)C[C@H]2C(=O)O)C1. The Labute approximate surface area is 125 Å². The van der Waals surface area contributed by atoms with E-state index >= 15 is 0 Å². The summed E-state index contributed by atoms with van der Waals surface area (Å²) < 4.78 is 0. The number of β-amino-alcohol motifs (C(OH)–C–C–N with tert-alkyl or cyclic N) is 1. The molecule has 0 spiro atoms. The zero-order valence-corrected chi connectivity index (χ0v) is 12.6. The van der Waals surface area contributed by atoms with Crippen molar-refractivity contribution >= 4 is 12.0 Å². The van der Waals surface area contributed by atoms with E-state index in [1.54, 1.807) is 0 Å². The molecule has 4 atom stereocenters. The third-order valence-corrected chi connectivity index (χ3v) is 4.70. The number of carbonyl (C=O) groups is 2. The summed E-state index contributed by atoms with van der Waals surface area (Å²) in [6.07, 6.45) is 5.33. The van der Waals surface area contributed by atoms with Crippen LogP contribution in [0.3, 0.4) is 0 Å². The number of amides is 2. The fourth-order valence-electron chi connectivity index (χ4n) is 3.58. The van der Waals surface area contributed by atoms with Crippen LogP contribution in [-0.4, -0.2) is 52.3 Å². The molecule has 2 amide bonds. The monoisotopic (exact) mass is 298 g/mol. The number of urea groups is 1. The van der Waals surface area contributed by atoms with E-state index in [1.807, 2.05) is 0 Å². The molecular formula is C15H26N2O4. The van der Waals surface area contributed by atoms with Crippen molar-refractivity contribution < 1.29 is 19.8 Å². The summed E-state index contributed by atoms with van der Waals surface area (Å²) >= 11 is 0. The van der Waals surface area contributed by atoms with Crippen molar-refractivity contribution in [2.75, 3.05) is 13.1 Å². The van der Waals surface area contributed by atoms with Gasteiger partial charge in [0.05, 0.1) is 6.10 Å². The van der Waals surface area contributed by atoms with Gasteiger partial charge in [-0.3, -0.25) is 0 Å². The first kappa shape index (κ1) is 16.1. The number of nitrogens with zero attached hydrogens (tertiary/aromatic N) is 1. The first-order valence-corrected chi connectivity index (χ1v) is 7.92. The molecule has 0 bridgehead atoms. The van der Waals surface area contributed by atoms with Crippen molar-refractivity contribution in [2.45, 2.75) is 57.6 Å². The summed E-state index contributed by atoms with van der Waals surface area (Å²) in [6, 6.07) is -1.28. The predicted octanol–water partition coefficient (Wildman–Crippen LogP) is 1.43. The maximum absolute atomic E-state index is 12.1. The quantitative estimate of drug-likeness (QED) is 0.732. The highest BCUT2D eigenvalue weighted by Gasteiger charge is 2.38. The molecule has 3 unspecified atom stereocenters. The van der Waals surface area contributed by atoms with Crippen LogP contribution in [0.4, 0.5) is 4.79 Å². The summed E-state index contributed by atoms with van der Waals surface area (Å²) in [5.74, 6) is 0.376. The fourth-order valence-corrected chi connectivity index (χ4v) is 3.58. The van der Waals surface area contributed by atoms with Crippen molar-refractivity contribution in [1.82, 2.24) is 10.2 Å². The zero-order valence-electron chi connectivity index (χ0n) is 12.6. The van der Waals surface area contributed by atoms with Gasteiger partial charge in [0.25, 0.3) is 0 Å². The van der Waals surface area contributed by atoms with Crippen LogP contribution in [0.1, 0.15) is 45.4 Å². The Kier molecular flexibility index (Phi) is 5.45. The predicted molar refractivity (Wildman–Crippen MR) is 77.9 cm³/mol. The van der Waals surface area contributed by atoms with Crippen molar-refractivity contribution in [3.05, 3.63) is 0 Å². The van der Waals surface area contributed by atoms with E-state index < -0.39 is 18.1 Å². The van der Waals surface area contributed by atoms with Gasteiger partial charge in [-0.2, -0.15) is 0 Å². The molecule has 120 valence electrons. The topological polar surface area (TPSA) is 89.9 Å². The van der Waals surface area contributed by atoms with Crippen LogP contribution in [-0.2, 0) is 4.79 Å². The highest BCUT2D eigenvalue weighted by molar-refractivity contribution is 5.83. The average Bonchev–Trinajstić information content (AvgIpc) is 2.81. The number of likely N-dealkylation sites (tertiary alicyclic amines) is 1. The lowest BCUT2D eigenvalue weighted by Crippen LogP contribution is -2.46. The van der Waals surface area contributed by atoms with Crippen molar-refractivity contribution in [3.63, 3.8) is 0 Å². The molecule has 1 saturated carbocycles. The van der Waals surface area contributed by atoms with E-state index in [1.165, 1.54) is 30.6 Å². The van der Waals surface area contributed by atoms with E-state index in [2.05, 4.69) is 12.2 Å². The smallest absolute Gasteiger partial charge is 0.326 e. The van der Waals surface area contributed by atoms with Crippen molar-refractivity contribution in [2.24, 2.45) is 11.8 Å². The van der Waals surface area contributed by atoms with Crippen LogP contribution in [0.5, 0.6) is 0 Å². The highest BCUT2D eigenvalue weighted by atomic mass is 16.4. The molecule has 1 aliphatic carbocycles. The standard InChI is InChI=1S/C15H26N2O4/c1-10-3-2-4-11(7-10)5-6-16-15(21)17-9-12(18)8-13(17)14(19)20/h10-13,18H,2-9H2,1H3,(H,16,21)(H,19,20)/t10?,11?,12?,13-/m0/s1. The lowest BCUT2D eigenvalue weighted by Gasteiger charge is -2.27. The van der Waals surface area contributed by atoms with E-state index in [0.717, 1.165) is 12.3 Å². The van der Waals surface area contributed by atoms with Gasteiger partial charge >= 0.3 is 12.0 Å². The Bertz CT molecular complexity index is 388. The highest BCUT2D eigenvalue weighted by Crippen LogP contribution is 2.30. The molecule has 6 nitrogen and oxygen atoms in total. The molecule has 1 aliphatic heterocycles. The van der Waals surface area contributed by atoms with Crippen LogP contribution in [0.2, 0.25) is 0 Å². The minimum atomic E-state index is -1.05. The fraction of sp³-hybridized carbons (Fsp3) is 0.867. The minimum absolute atomic E-state index is 0.100. The number of carboxylic acids is 1. The van der Waals surface area contributed by atoms with Gasteiger partial charge in [-0.1, -0.05) is 26.2 Å². The van der Waals surface area contributed by atoms with Gasteiger partial charge in [0, 0.05) is 19.5 Å². The van der Waals surface area contributed by atoms with Gasteiger partial charge in [-0.05, 0) is 24.7 Å². The van der Waals surface area contributed by atoms with E-state index in [-0.39, 0.29) is 19.0 Å². The molecule has 1 heterocycles. The second kappa shape index (κ2) is 7.11.